The first-order valence-corrected chi connectivity index (χ1v) is 5.91. The Balaban J connectivity index is 2.20. The highest BCUT2D eigenvalue weighted by Gasteiger charge is 2.04. The molecule has 0 aliphatic carbocycles. The topological polar surface area (TPSA) is 54.4 Å². The van der Waals surface area contributed by atoms with Gasteiger partial charge in [-0.2, -0.15) is 4.98 Å². The van der Waals surface area contributed by atoms with Crippen molar-refractivity contribution < 1.29 is 9.84 Å². The van der Waals surface area contributed by atoms with Crippen LogP contribution in [-0.2, 0) is 6.61 Å². The molecule has 0 saturated carbocycles. The zero-order valence-electron chi connectivity index (χ0n) is 10.3. The Bertz CT molecular complexity index is 515. The minimum atomic E-state index is -0.0525. The molecule has 0 radical (unpaired) electrons. The third kappa shape index (κ3) is 2.99. The van der Waals surface area contributed by atoms with Crippen molar-refractivity contribution in [1.29, 1.82) is 0 Å². The number of aromatic nitrogens is 1. The summed E-state index contributed by atoms with van der Waals surface area (Å²) >= 11 is 0. The summed E-state index contributed by atoms with van der Waals surface area (Å²) in [4.78, 5) is 4.32. The van der Waals surface area contributed by atoms with Crippen LogP contribution in [0.3, 0.4) is 0 Å². The van der Waals surface area contributed by atoms with Crippen molar-refractivity contribution in [3.05, 3.63) is 48.0 Å². The summed E-state index contributed by atoms with van der Waals surface area (Å²) in [5.74, 6) is 1.91. The molecule has 4 heteroatoms. The average molecular weight is 244 g/mol. The van der Waals surface area contributed by atoms with Crippen LogP contribution in [0.25, 0.3) is 0 Å². The molecule has 2 aromatic rings. The van der Waals surface area contributed by atoms with Gasteiger partial charge < -0.3 is 15.2 Å². The van der Waals surface area contributed by atoms with Gasteiger partial charge in [-0.1, -0.05) is 24.3 Å². The summed E-state index contributed by atoms with van der Waals surface area (Å²) in [5, 5.41) is 12.3. The van der Waals surface area contributed by atoms with Gasteiger partial charge in [0, 0.05) is 18.2 Å². The van der Waals surface area contributed by atoms with Gasteiger partial charge in [-0.15, -0.1) is 0 Å². The van der Waals surface area contributed by atoms with E-state index in [-0.39, 0.29) is 6.61 Å². The van der Waals surface area contributed by atoms with Gasteiger partial charge >= 0.3 is 0 Å². The number of hydrogen-bond acceptors (Lipinski definition) is 4. The van der Waals surface area contributed by atoms with Crippen molar-refractivity contribution in [1.82, 2.24) is 4.98 Å². The van der Waals surface area contributed by atoms with Crippen molar-refractivity contribution in [2.45, 2.75) is 13.5 Å². The fourth-order valence-corrected chi connectivity index (χ4v) is 1.60. The van der Waals surface area contributed by atoms with Crippen LogP contribution in [0.1, 0.15) is 12.5 Å². The molecule has 94 valence electrons. The Kier molecular flexibility index (Phi) is 4.15. The molecule has 0 bridgehead atoms. The van der Waals surface area contributed by atoms with Crippen molar-refractivity contribution in [3.8, 4) is 11.6 Å². The molecule has 18 heavy (non-hydrogen) atoms. The molecule has 0 atom stereocenters. The van der Waals surface area contributed by atoms with Crippen molar-refractivity contribution >= 4 is 5.82 Å². The molecule has 2 N–H and O–H groups in total. The normalized spacial score (nSPS) is 10.1. The number of ether oxygens (including phenoxy) is 1. The number of aliphatic hydroxyl groups is 1. The van der Waals surface area contributed by atoms with Gasteiger partial charge in [-0.25, -0.2) is 0 Å². The molecule has 0 aliphatic heterocycles. The van der Waals surface area contributed by atoms with Crippen molar-refractivity contribution in [2.24, 2.45) is 0 Å². The Morgan fingerprint density at radius 3 is 2.78 bits per heavy atom. The minimum Gasteiger partial charge on any atom is -0.439 e. The van der Waals surface area contributed by atoms with Crippen LogP contribution in [0.4, 0.5) is 5.82 Å². The first-order valence-electron chi connectivity index (χ1n) is 5.91. The molecule has 1 aromatic heterocycles. The van der Waals surface area contributed by atoms with Gasteiger partial charge in [0.05, 0.1) is 6.61 Å². The van der Waals surface area contributed by atoms with E-state index in [1.807, 2.05) is 43.3 Å². The van der Waals surface area contributed by atoms with E-state index >= 15 is 0 Å². The van der Waals surface area contributed by atoms with Gasteiger partial charge in [-0.3, -0.25) is 0 Å². The number of rotatable bonds is 5. The van der Waals surface area contributed by atoms with E-state index in [1.54, 1.807) is 6.07 Å². The van der Waals surface area contributed by atoms with Gasteiger partial charge in [0.15, 0.2) is 0 Å². The smallest absolute Gasteiger partial charge is 0.221 e. The maximum Gasteiger partial charge on any atom is 0.221 e. The third-order valence-corrected chi connectivity index (χ3v) is 2.44. The first kappa shape index (κ1) is 12.4. The lowest BCUT2D eigenvalue weighted by Crippen LogP contribution is -2.00. The predicted molar refractivity (Wildman–Crippen MR) is 70.8 cm³/mol. The Morgan fingerprint density at radius 2 is 2.00 bits per heavy atom. The number of aliphatic hydroxyl groups excluding tert-OH is 1. The maximum atomic E-state index is 9.22. The fraction of sp³-hybridized carbons (Fsp3) is 0.214. The average Bonchev–Trinajstić information content (AvgIpc) is 2.40. The number of nitrogens with zero attached hydrogens (tertiary/aromatic N) is 1. The quantitative estimate of drug-likeness (QED) is 0.849. The van der Waals surface area contributed by atoms with Crippen LogP contribution in [-0.4, -0.2) is 16.6 Å². The van der Waals surface area contributed by atoms with E-state index in [0.29, 0.717) is 11.6 Å². The molecule has 0 amide bonds. The predicted octanol–water partition coefficient (Wildman–Crippen LogP) is 2.80. The third-order valence-electron chi connectivity index (χ3n) is 2.44. The summed E-state index contributed by atoms with van der Waals surface area (Å²) in [6, 6.07) is 12.9. The molecule has 4 nitrogen and oxygen atoms in total. The molecule has 1 heterocycles. The second-order valence-electron chi connectivity index (χ2n) is 3.76. The van der Waals surface area contributed by atoms with Crippen LogP contribution < -0.4 is 10.1 Å². The van der Waals surface area contributed by atoms with Crippen LogP contribution in [0, 0.1) is 0 Å². The van der Waals surface area contributed by atoms with Crippen LogP contribution >= 0.6 is 0 Å². The van der Waals surface area contributed by atoms with E-state index in [1.165, 1.54) is 0 Å². The van der Waals surface area contributed by atoms with Crippen LogP contribution in [0.5, 0.6) is 11.6 Å². The van der Waals surface area contributed by atoms with Gasteiger partial charge in [-0.05, 0) is 19.1 Å². The van der Waals surface area contributed by atoms with E-state index < -0.39 is 0 Å². The summed E-state index contributed by atoms with van der Waals surface area (Å²) in [5.41, 5.74) is 0.744. The summed E-state index contributed by atoms with van der Waals surface area (Å²) in [7, 11) is 0. The number of nitrogens with one attached hydrogen (secondary N) is 1. The van der Waals surface area contributed by atoms with Crippen molar-refractivity contribution in [2.75, 3.05) is 11.9 Å². The first-order chi connectivity index (χ1) is 8.83. The SMILES string of the molecule is CCNc1cccc(Oc2ccccc2CO)n1. The monoisotopic (exact) mass is 244 g/mol. The number of hydrogen-bond donors (Lipinski definition) is 2. The van der Waals surface area contributed by atoms with Gasteiger partial charge in [0.1, 0.15) is 11.6 Å². The molecule has 2 rings (SSSR count). The lowest BCUT2D eigenvalue weighted by Gasteiger charge is -2.09. The Morgan fingerprint density at radius 1 is 1.17 bits per heavy atom. The highest BCUT2D eigenvalue weighted by molar-refractivity contribution is 5.40. The van der Waals surface area contributed by atoms with Crippen LogP contribution in [0.15, 0.2) is 42.5 Å². The summed E-state index contributed by atoms with van der Waals surface area (Å²) in [6.45, 7) is 2.77. The Hall–Kier alpha value is -2.07. The second-order valence-corrected chi connectivity index (χ2v) is 3.76. The number of benzene rings is 1. The molecule has 0 unspecified atom stereocenters. The molecule has 1 aromatic carbocycles. The zero-order chi connectivity index (χ0) is 12.8. The number of anilines is 1. The fourth-order valence-electron chi connectivity index (χ4n) is 1.60. The summed E-state index contributed by atoms with van der Waals surface area (Å²) < 4.78 is 5.68. The molecule has 0 aliphatic rings. The van der Waals surface area contributed by atoms with E-state index in [0.717, 1.165) is 17.9 Å². The van der Waals surface area contributed by atoms with Gasteiger partial charge in [0.2, 0.25) is 5.88 Å². The van der Waals surface area contributed by atoms with Crippen LogP contribution in [0.2, 0.25) is 0 Å². The highest BCUT2D eigenvalue weighted by Crippen LogP contribution is 2.24. The maximum absolute atomic E-state index is 9.22. The number of para-hydroxylation sites is 1. The molecule has 0 fully saturated rings. The minimum absolute atomic E-state index is 0.0525. The van der Waals surface area contributed by atoms with E-state index in [4.69, 9.17) is 4.74 Å². The van der Waals surface area contributed by atoms with Gasteiger partial charge in [0.25, 0.3) is 0 Å². The summed E-state index contributed by atoms with van der Waals surface area (Å²) in [6.07, 6.45) is 0. The lowest BCUT2D eigenvalue weighted by molar-refractivity contribution is 0.276. The van der Waals surface area contributed by atoms with Crippen molar-refractivity contribution in [3.63, 3.8) is 0 Å². The standard InChI is InChI=1S/C14H16N2O2/c1-2-15-13-8-5-9-14(16-13)18-12-7-4-3-6-11(12)10-17/h3-9,17H,2,10H2,1H3,(H,15,16). The Labute approximate surface area is 106 Å². The molecule has 0 spiro atoms. The highest BCUT2D eigenvalue weighted by atomic mass is 16.5. The number of pyridine rings is 1. The lowest BCUT2D eigenvalue weighted by atomic mass is 10.2. The van der Waals surface area contributed by atoms with E-state index in [2.05, 4.69) is 10.3 Å². The largest absolute Gasteiger partial charge is 0.439 e. The molecule has 0 saturated heterocycles. The molecular weight excluding hydrogens is 228 g/mol. The van der Waals surface area contributed by atoms with E-state index in [9.17, 15) is 5.11 Å². The zero-order valence-corrected chi connectivity index (χ0v) is 10.3. The molecular formula is C14H16N2O2. The second kappa shape index (κ2) is 6.02.